The second-order valence-corrected chi connectivity index (χ2v) is 10.7. The SMILES string of the molecule is CCc1nc2ccc(C(=O)Nc3cccc(NS(C)(=O)=O)c3)cn2c1N(CC)Cc1ccc(OC)c(OC)c1. The van der Waals surface area contributed by atoms with Gasteiger partial charge in [0.2, 0.25) is 10.0 Å². The number of methoxy groups -OCH3 is 2. The first kappa shape index (κ1) is 27.8. The maximum Gasteiger partial charge on any atom is 0.257 e. The predicted molar refractivity (Wildman–Crippen MR) is 154 cm³/mol. The van der Waals surface area contributed by atoms with Crippen LogP contribution in [0.1, 0.15) is 35.5 Å². The molecule has 0 saturated carbocycles. The van der Waals surface area contributed by atoms with Crippen LogP contribution in [0.5, 0.6) is 11.5 Å². The van der Waals surface area contributed by atoms with Crippen LogP contribution in [0, 0.1) is 0 Å². The second-order valence-electron chi connectivity index (χ2n) is 8.99. The van der Waals surface area contributed by atoms with Gasteiger partial charge in [0, 0.05) is 25.0 Å². The number of pyridine rings is 1. The summed E-state index contributed by atoms with van der Waals surface area (Å²) in [7, 11) is -0.211. The zero-order valence-corrected chi connectivity index (χ0v) is 23.5. The number of carbonyl (C=O) groups is 1. The Labute approximate surface area is 228 Å². The zero-order chi connectivity index (χ0) is 28.2. The maximum atomic E-state index is 13.2. The van der Waals surface area contributed by atoms with Crippen LogP contribution in [0.25, 0.3) is 5.65 Å². The van der Waals surface area contributed by atoms with E-state index in [1.165, 1.54) is 0 Å². The standard InChI is InChI=1S/C28H33N5O5S/c1-6-23-28(32(7-2)17-19-11-13-24(37-3)25(15-19)38-4)33-18-20(12-14-26(33)30-23)27(34)29-21-9-8-10-22(16-21)31-39(5,35)36/h8-16,18,31H,6-7,17H2,1-5H3,(H,29,34). The molecule has 4 aromatic rings. The molecule has 0 aliphatic carbocycles. The first-order chi connectivity index (χ1) is 18.6. The van der Waals surface area contributed by atoms with Gasteiger partial charge in [0.1, 0.15) is 11.5 Å². The third-order valence-corrected chi connectivity index (χ3v) is 6.79. The molecule has 2 aromatic heterocycles. The summed E-state index contributed by atoms with van der Waals surface area (Å²) >= 11 is 0. The number of nitrogens with one attached hydrogen (secondary N) is 2. The molecular formula is C28H33N5O5S. The number of carbonyl (C=O) groups excluding carboxylic acids is 1. The number of fused-ring (bicyclic) bond motifs is 1. The van der Waals surface area contributed by atoms with Crippen LogP contribution >= 0.6 is 0 Å². The summed E-state index contributed by atoms with van der Waals surface area (Å²) in [6, 6.07) is 16.0. The minimum atomic E-state index is -3.44. The van der Waals surface area contributed by atoms with Gasteiger partial charge in [-0.15, -0.1) is 0 Å². The number of hydrogen-bond donors (Lipinski definition) is 2. The number of sulfonamides is 1. The number of aryl methyl sites for hydroxylation is 1. The zero-order valence-electron chi connectivity index (χ0n) is 22.7. The lowest BCUT2D eigenvalue weighted by Crippen LogP contribution is -2.25. The predicted octanol–water partition coefficient (Wildman–Crippen LogP) is 4.56. The Morgan fingerprint density at radius 2 is 1.74 bits per heavy atom. The van der Waals surface area contributed by atoms with Gasteiger partial charge in [0.15, 0.2) is 11.5 Å². The highest BCUT2D eigenvalue weighted by atomic mass is 32.2. The molecule has 0 atom stereocenters. The van der Waals surface area contributed by atoms with Gasteiger partial charge in [-0.2, -0.15) is 0 Å². The van der Waals surface area contributed by atoms with E-state index >= 15 is 0 Å². The molecule has 0 aliphatic heterocycles. The highest BCUT2D eigenvalue weighted by Gasteiger charge is 2.19. The van der Waals surface area contributed by atoms with Crippen LogP contribution < -0.4 is 24.4 Å². The van der Waals surface area contributed by atoms with Gasteiger partial charge in [-0.1, -0.05) is 19.1 Å². The average Bonchev–Trinajstić information content (AvgIpc) is 3.28. The average molecular weight is 552 g/mol. The van der Waals surface area contributed by atoms with Crippen molar-refractivity contribution in [2.24, 2.45) is 0 Å². The van der Waals surface area contributed by atoms with E-state index in [1.807, 2.05) is 28.7 Å². The van der Waals surface area contributed by atoms with E-state index in [1.54, 1.807) is 50.7 Å². The lowest BCUT2D eigenvalue weighted by Gasteiger charge is -2.24. The van der Waals surface area contributed by atoms with E-state index in [0.717, 1.165) is 35.4 Å². The molecule has 2 aromatic carbocycles. The van der Waals surface area contributed by atoms with Crippen LogP contribution in [0.15, 0.2) is 60.8 Å². The first-order valence-electron chi connectivity index (χ1n) is 12.5. The fourth-order valence-electron chi connectivity index (χ4n) is 4.40. The molecule has 0 radical (unpaired) electrons. The van der Waals surface area contributed by atoms with Crippen LogP contribution in [0.2, 0.25) is 0 Å². The van der Waals surface area contributed by atoms with Crippen molar-refractivity contribution >= 4 is 38.8 Å². The van der Waals surface area contributed by atoms with E-state index in [2.05, 4.69) is 28.8 Å². The summed E-state index contributed by atoms with van der Waals surface area (Å²) in [5.41, 5.74) is 3.98. The number of ether oxygens (including phenoxy) is 2. The van der Waals surface area contributed by atoms with Crippen molar-refractivity contribution in [2.45, 2.75) is 26.8 Å². The van der Waals surface area contributed by atoms with Crippen molar-refractivity contribution < 1.29 is 22.7 Å². The molecule has 0 unspecified atom stereocenters. The van der Waals surface area contributed by atoms with Crippen LogP contribution in [0.4, 0.5) is 17.2 Å². The topological polar surface area (TPSA) is 114 Å². The van der Waals surface area contributed by atoms with Crippen molar-refractivity contribution in [3.63, 3.8) is 0 Å². The number of benzene rings is 2. The molecule has 4 rings (SSSR count). The Morgan fingerprint density at radius 1 is 1.00 bits per heavy atom. The fourth-order valence-corrected chi connectivity index (χ4v) is 4.96. The van der Waals surface area contributed by atoms with Gasteiger partial charge in [-0.25, -0.2) is 13.4 Å². The third kappa shape index (κ3) is 6.43. The minimum absolute atomic E-state index is 0.325. The second kappa shape index (κ2) is 11.6. The molecule has 39 heavy (non-hydrogen) atoms. The Bertz CT molecular complexity index is 1600. The van der Waals surface area contributed by atoms with Crippen molar-refractivity contribution in [3.05, 3.63) is 77.6 Å². The summed E-state index contributed by atoms with van der Waals surface area (Å²) in [4.78, 5) is 20.2. The normalized spacial score (nSPS) is 11.3. The quantitative estimate of drug-likeness (QED) is 0.281. The molecule has 206 valence electrons. The smallest absolute Gasteiger partial charge is 0.257 e. The molecule has 0 spiro atoms. The van der Waals surface area contributed by atoms with Crippen LogP contribution in [0.3, 0.4) is 0 Å². The largest absolute Gasteiger partial charge is 0.493 e. The Morgan fingerprint density at radius 3 is 2.41 bits per heavy atom. The Hall–Kier alpha value is -4.25. The van der Waals surface area contributed by atoms with Crippen molar-refractivity contribution in [1.29, 1.82) is 0 Å². The highest BCUT2D eigenvalue weighted by molar-refractivity contribution is 7.92. The number of amides is 1. The number of aromatic nitrogens is 2. The summed E-state index contributed by atoms with van der Waals surface area (Å²) in [6.07, 6.45) is 3.58. The van der Waals surface area contributed by atoms with E-state index in [0.29, 0.717) is 41.5 Å². The van der Waals surface area contributed by atoms with Gasteiger partial charge in [-0.3, -0.25) is 13.9 Å². The van der Waals surface area contributed by atoms with Gasteiger partial charge >= 0.3 is 0 Å². The van der Waals surface area contributed by atoms with Crippen LogP contribution in [-0.2, 0) is 23.0 Å². The van der Waals surface area contributed by atoms with E-state index in [-0.39, 0.29) is 5.91 Å². The van der Waals surface area contributed by atoms with Crippen molar-refractivity contribution in [1.82, 2.24) is 9.38 Å². The first-order valence-corrected chi connectivity index (χ1v) is 14.4. The third-order valence-electron chi connectivity index (χ3n) is 6.19. The summed E-state index contributed by atoms with van der Waals surface area (Å²) < 4.78 is 38.4. The maximum absolute atomic E-state index is 13.2. The molecule has 2 heterocycles. The van der Waals surface area contributed by atoms with Crippen LogP contribution in [-0.4, -0.2) is 50.7 Å². The summed E-state index contributed by atoms with van der Waals surface area (Å²) in [5.74, 6) is 1.92. The molecule has 0 aliphatic rings. The van der Waals surface area contributed by atoms with Gasteiger partial charge in [0.25, 0.3) is 5.91 Å². The van der Waals surface area contributed by atoms with Crippen molar-refractivity contribution in [3.8, 4) is 11.5 Å². The Balaban J connectivity index is 1.65. The fraction of sp³-hybridized carbons (Fsp3) is 0.286. The molecule has 1 amide bonds. The van der Waals surface area contributed by atoms with Gasteiger partial charge < -0.3 is 19.7 Å². The molecule has 0 saturated heterocycles. The lowest BCUT2D eigenvalue weighted by atomic mass is 10.1. The van der Waals surface area contributed by atoms with Crippen molar-refractivity contribution in [2.75, 3.05) is 42.0 Å². The molecule has 11 heteroatoms. The lowest BCUT2D eigenvalue weighted by molar-refractivity contribution is 0.102. The number of rotatable bonds is 11. The monoisotopic (exact) mass is 551 g/mol. The molecular weight excluding hydrogens is 518 g/mol. The summed E-state index contributed by atoms with van der Waals surface area (Å²) in [6.45, 7) is 5.45. The molecule has 0 bridgehead atoms. The van der Waals surface area contributed by atoms with E-state index in [4.69, 9.17) is 14.5 Å². The molecule has 2 N–H and O–H groups in total. The Kier molecular flexibility index (Phi) is 8.29. The molecule has 0 fully saturated rings. The number of anilines is 3. The number of nitrogens with zero attached hydrogens (tertiary/aromatic N) is 3. The van der Waals surface area contributed by atoms with Gasteiger partial charge in [0.05, 0.1) is 37.4 Å². The number of hydrogen-bond acceptors (Lipinski definition) is 7. The minimum Gasteiger partial charge on any atom is -0.493 e. The van der Waals surface area contributed by atoms with E-state index < -0.39 is 10.0 Å². The molecule has 10 nitrogen and oxygen atoms in total. The van der Waals surface area contributed by atoms with E-state index in [9.17, 15) is 13.2 Å². The highest BCUT2D eigenvalue weighted by Crippen LogP contribution is 2.30. The number of imidazole rings is 1. The summed E-state index contributed by atoms with van der Waals surface area (Å²) in [5, 5.41) is 2.85. The van der Waals surface area contributed by atoms with Gasteiger partial charge in [-0.05, 0) is 61.4 Å².